The standard InChI is InChI=1S/C18H20O2/c1-13-7-9-14(10-8-13)12-17(19)16-6-2-4-15-5-3-11-20-18(15)16/h2,4,6-10,17,19H,3,5,11-12H2,1H3. The zero-order valence-corrected chi connectivity index (χ0v) is 11.8. The third-order valence-corrected chi connectivity index (χ3v) is 3.87. The van der Waals surface area contributed by atoms with Crippen LogP contribution in [0.25, 0.3) is 0 Å². The highest BCUT2D eigenvalue weighted by molar-refractivity contribution is 5.44. The predicted octanol–water partition coefficient (Wildman–Crippen LogP) is 3.60. The molecule has 20 heavy (non-hydrogen) atoms. The Morgan fingerprint density at radius 3 is 2.75 bits per heavy atom. The van der Waals surface area contributed by atoms with Gasteiger partial charge in [0.2, 0.25) is 0 Å². The third kappa shape index (κ3) is 2.70. The molecule has 2 aromatic carbocycles. The summed E-state index contributed by atoms with van der Waals surface area (Å²) in [5.41, 5.74) is 4.53. The average Bonchev–Trinajstić information content (AvgIpc) is 2.49. The molecule has 1 aliphatic heterocycles. The lowest BCUT2D eigenvalue weighted by molar-refractivity contribution is 0.169. The van der Waals surface area contributed by atoms with E-state index in [1.807, 2.05) is 12.1 Å². The van der Waals surface area contributed by atoms with E-state index in [-0.39, 0.29) is 0 Å². The lowest BCUT2D eigenvalue weighted by atomic mass is 9.95. The first-order chi connectivity index (χ1) is 9.74. The molecular formula is C18H20O2. The van der Waals surface area contributed by atoms with E-state index in [9.17, 15) is 5.11 Å². The van der Waals surface area contributed by atoms with Gasteiger partial charge in [0.25, 0.3) is 0 Å². The van der Waals surface area contributed by atoms with Gasteiger partial charge in [-0.15, -0.1) is 0 Å². The molecule has 0 amide bonds. The SMILES string of the molecule is Cc1ccc(CC(O)c2cccc3c2OCCC3)cc1. The van der Waals surface area contributed by atoms with Crippen molar-refractivity contribution in [1.82, 2.24) is 0 Å². The highest BCUT2D eigenvalue weighted by atomic mass is 16.5. The molecule has 104 valence electrons. The minimum Gasteiger partial charge on any atom is -0.493 e. The van der Waals surface area contributed by atoms with Crippen molar-refractivity contribution in [3.05, 3.63) is 64.7 Å². The van der Waals surface area contributed by atoms with Crippen LogP contribution in [0.1, 0.15) is 34.8 Å². The number of hydrogen-bond acceptors (Lipinski definition) is 2. The molecule has 2 nitrogen and oxygen atoms in total. The van der Waals surface area contributed by atoms with E-state index in [0.717, 1.165) is 36.3 Å². The topological polar surface area (TPSA) is 29.5 Å². The van der Waals surface area contributed by atoms with Crippen LogP contribution in [0.3, 0.4) is 0 Å². The molecule has 1 aliphatic rings. The Balaban J connectivity index is 1.83. The Kier molecular flexibility index (Phi) is 3.75. The highest BCUT2D eigenvalue weighted by Gasteiger charge is 2.19. The van der Waals surface area contributed by atoms with Crippen LogP contribution in [0.15, 0.2) is 42.5 Å². The van der Waals surface area contributed by atoms with Crippen molar-refractivity contribution < 1.29 is 9.84 Å². The maximum atomic E-state index is 10.5. The van der Waals surface area contributed by atoms with Gasteiger partial charge < -0.3 is 9.84 Å². The van der Waals surface area contributed by atoms with E-state index in [1.54, 1.807) is 0 Å². The molecule has 0 fully saturated rings. The molecule has 2 aromatic rings. The minimum atomic E-state index is -0.509. The number of aliphatic hydroxyl groups is 1. The van der Waals surface area contributed by atoms with Crippen molar-refractivity contribution in [1.29, 1.82) is 0 Å². The smallest absolute Gasteiger partial charge is 0.128 e. The van der Waals surface area contributed by atoms with E-state index in [1.165, 1.54) is 11.1 Å². The van der Waals surface area contributed by atoms with Gasteiger partial charge in [-0.2, -0.15) is 0 Å². The molecule has 1 heterocycles. The second kappa shape index (κ2) is 5.68. The molecule has 2 heteroatoms. The van der Waals surface area contributed by atoms with Gasteiger partial charge in [0.05, 0.1) is 12.7 Å². The van der Waals surface area contributed by atoms with Gasteiger partial charge in [0.15, 0.2) is 0 Å². The highest BCUT2D eigenvalue weighted by Crippen LogP contribution is 2.34. The summed E-state index contributed by atoms with van der Waals surface area (Å²) in [7, 11) is 0. The number of ether oxygens (including phenoxy) is 1. The molecule has 1 unspecified atom stereocenters. The second-order valence-corrected chi connectivity index (χ2v) is 5.49. The Bertz CT molecular complexity index is 587. The zero-order valence-electron chi connectivity index (χ0n) is 11.8. The Morgan fingerprint density at radius 1 is 1.15 bits per heavy atom. The summed E-state index contributed by atoms with van der Waals surface area (Å²) >= 11 is 0. The monoisotopic (exact) mass is 268 g/mol. The first-order valence-electron chi connectivity index (χ1n) is 7.22. The number of fused-ring (bicyclic) bond motifs is 1. The number of benzene rings is 2. The molecule has 3 rings (SSSR count). The number of rotatable bonds is 3. The molecular weight excluding hydrogens is 248 g/mol. The number of hydrogen-bond donors (Lipinski definition) is 1. The van der Waals surface area contributed by atoms with Gasteiger partial charge in [0, 0.05) is 12.0 Å². The van der Waals surface area contributed by atoms with Gasteiger partial charge in [-0.25, -0.2) is 0 Å². The predicted molar refractivity (Wildman–Crippen MR) is 80.1 cm³/mol. The second-order valence-electron chi connectivity index (χ2n) is 5.49. The van der Waals surface area contributed by atoms with Gasteiger partial charge in [-0.1, -0.05) is 48.0 Å². The molecule has 0 saturated heterocycles. The molecule has 0 radical (unpaired) electrons. The fourth-order valence-electron chi connectivity index (χ4n) is 2.73. The summed E-state index contributed by atoms with van der Waals surface area (Å²) in [6.07, 6.45) is 2.22. The maximum Gasteiger partial charge on any atom is 0.128 e. The largest absolute Gasteiger partial charge is 0.493 e. The Labute approximate surface area is 120 Å². The third-order valence-electron chi connectivity index (χ3n) is 3.87. The Hall–Kier alpha value is -1.80. The molecule has 0 saturated carbocycles. The van der Waals surface area contributed by atoms with Crippen molar-refractivity contribution >= 4 is 0 Å². The summed E-state index contributed by atoms with van der Waals surface area (Å²) in [5.74, 6) is 0.901. The maximum absolute atomic E-state index is 10.5. The molecule has 0 aromatic heterocycles. The summed E-state index contributed by atoms with van der Waals surface area (Å²) in [5, 5.41) is 10.5. The van der Waals surface area contributed by atoms with E-state index >= 15 is 0 Å². The normalized spacial score (nSPS) is 15.3. The number of aliphatic hydroxyl groups excluding tert-OH is 1. The van der Waals surface area contributed by atoms with Crippen molar-refractivity contribution in [3.8, 4) is 5.75 Å². The molecule has 1 N–H and O–H groups in total. The van der Waals surface area contributed by atoms with Crippen LogP contribution in [0, 0.1) is 6.92 Å². The van der Waals surface area contributed by atoms with Gasteiger partial charge in [-0.05, 0) is 30.9 Å². The lowest BCUT2D eigenvalue weighted by Gasteiger charge is -2.22. The van der Waals surface area contributed by atoms with Crippen LogP contribution in [0.5, 0.6) is 5.75 Å². The van der Waals surface area contributed by atoms with Crippen molar-refractivity contribution in [2.24, 2.45) is 0 Å². The van der Waals surface area contributed by atoms with Crippen LogP contribution in [0.4, 0.5) is 0 Å². The van der Waals surface area contributed by atoms with Crippen LogP contribution in [-0.4, -0.2) is 11.7 Å². The summed E-state index contributed by atoms with van der Waals surface area (Å²) in [6.45, 7) is 2.82. The van der Waals surface area contributed by atoms with Crippen molar-refractivity contribution in [3.63, 3.8) is 0 Å². The van der Waals surface area contributed by atoms with Crippen LogP contribution < -0.4 is 4.74 Å². The fourth-order valence-corrected chi connectivity index (χ4v) is 2.73. The van der Waals surface area contributed by atoms with Gasteiger partial charge in [-0.3, -0.25) is 0 Å². The van der Waals surface area contributed by atoms with Gasteiger partial charge >= 0.3 is 0 Å². The molecule has 0 spiro atoms. The molecule has 1 atom stereocenters. The lowest BCUT2D eigenvalue weighted by Crippen LogP contribution is -2.13. The summed E-state index contributed by atoms with van der Waals surface area (Å²) in [6, 6.07) is 14.4. The molecule has 0 bridgehead atoms. The van der Waals surface area contributed by atoms with Gasteiger partial charge in [0.1, 0.15) is 5.75 Å². The fraction of sp³-hybridized carbons (Fsp3) is 0.333. The quantitative estimate of drug-likeness (QED) is 0.921. The first kappa shape index (κ1) is 13.2. The van der Waals surface area contributed by atoms with Crippen LogP contribution >= 0.6 is 0 Å². The number of aryl methyl sites for hydroxylation is 2. The zero-order chi connectivity index (χ0) is 13.9. The van der Waals surface area contributed by atoms with E-state index < -0.39 is 6.10 Å². The Morgan fingerprint density at radius 2 is 1.95 bits per heavy atom. The summed E-state index contributed by atoms with van der Waals surface area (Å²) < 4.78 is 5.77. The number of para-hydroxylation sites is 1. The van der Waals surface area contributed by atoms with Crippen molar-refractivity contribution in [2.75, 3.05) is 6.61 Å². The summed E-state index contributed by atoms with van der Waals surface area (Å²) in [4.78, 5) is 0. The van der Waals surface area contributed by atoms with Crippen LogP contribution in [0.2, 0.25) is 0 Å². The van der Waals surface area contributed by atoms with E-state index in [0.29, 0.717) is 6.42 Å². The van der Waals surface area contributed by atoms with E-state index in [2.05, 4.69) is 37.3 Å². The average molecular weight is 268 g/mol. The van der Waals surface area contributed by atoms with Crippen LogP contribution in [-0.2, 0) is 12.8 Å². The minimum absolute atomic E-state index is 0.509. The van der Waals surface area contributed by atoms with Crippen molar-refractivity contribution in [2.45, 2.75) is 32.3 Å². The van der Waals surface area contributed by atoms with E-state index in [4.69, 9.17) is 4.74 Å². The first-order valence-corrected chi connectivity index (χ1v) is 7.22. The molecule has 0 aliphatic carbocycles.